The lowest BCUT2D eigenvalue weighted by Crippen LogP contribution is -2.19. The lowest BCUT2D eigenvalue weighted by molar-refractivity contribution is 0.0959. The number of halogens is 1. The average molecular weight is 195 g/mol. The molecule has 1 aromatic rings. The van der Waals surface area contributed by atoms with E-state index in [0.717, 1.165) is 5.56 Å². The molecule has 0 aliphatic carbocycles. The molecule has 0 spiro atoms. The van der Waals surface area contributed by atoms with Gasteiger partial charge in [0.15, 0.2) is 0 Å². The van der Waals surface area contributed by atoms with Gasteiger partial charge in [-0.15, -0.1) is 0 Å². The maximum atomic E-state index is 13.4. The second-order valence-electron chi connectivity index (χ2n) is 3.47. The van der Waals surface area contributed by atoms with Gasteiger partial charge in [0.1, 0.15) is 5.82 Å². The fourth-order valence-electron chi connectivity index (χ4n) is 1.21. The van der Waals surface area contributed by atoms with Crippen LogP contribution in [-0.2, 0) is 0 Å². The summed E-state index contributed by atoms with van der Waals surface area (Å²) >= 11 is 0. The molecule has 0 heterocycles. The van der Waals surface area contributed by atoms with E-state index in [2.05, 4.69) is 5.32 Å². The lowest BCUT2D eigenvalue weighted by atomic mass is 10.0. The number of nitrogens with one attached hydrogen (secondary N) is 1. The van der Waals surface area contributed by atoms with Gasteiger partial charge in [-0.3, -0.25) is 4.79 Å². The summed E-state index contributed by atoms with van der Waals surface area (Å²) in [6.07, 6.45) is 0. The Hall–Kier alpha value is -1.38. The third kappa shape index (κ3) is 2.10. The van der Waals surface area contributed by atoms with Crippen LogP contribution in [0.25, 0.3) is 0 Å². The summed E-state index contributed by atoms with van der Waals surface area (Å²) in [6.45, 7) is 3.96. The number of benzene rings is 1. The number of amides is 1. The molecule has 76 valence electrons. The van der Waals surface area contributed by atoms with Crippen LogP contribution in [-0.4, -0.2) is 13.0 Å². The molecule has 0 aromatic heterocycles. The summed E-state index contributed by atoms with van der Waals surface area (Å²) in [5, 5.41) is 2.39. The number of hydrogen-bond acceptors (Lipinski definition) is 1. The Morgan fingerprint density at radius 2 is 2.07 bits per heavy atom. The zero-order valence-electron chi connectivity index (χ0n) is 8.60. The van der Waals surface area contributed by atoms with Crippen LogP contribution in [0.3, 0.4) is 0 Å². The smallest absolute Gasteiger partial charge is 0.253 e. The molecule has 0 radical (unpaired) electrons. The first-order valence-corrected chi connectivity index (χ1v) is 4.57. The minimum absolute atomic E-state index is 0.0944. The minimum Gasteiger partial charge on any atom is -0.355 e. The molecule has 0 atom stereocenters. The fourth-order valence-corrected chi connectivity index (χ4v) is 1.21. The molecule has 1 N–H and O–H groups in total. The highest BCUT2D eigenvalue weighted by Crippen LogP contribution is 2.17. The van der Waals surface area contributed by atoms with Gasteiger partial charge in [-0.1, -0.05) is 19.9 Å². The maximum Gasteiger partial charge on any atom is 0.253 e. The molecule has 14 heavy (non-hydrogen) atoms. The zero-order valence-corrected chi connectivity index (χ0v) is 8.60. The Balaban J connectivity index is 3.07. The van der Waals surface area contributed by atoms with E-state index in [-0.39, 0.29) is 11.5 Å². The van der Waals surface area contributed by atoms with Gasteiger partial charge in [-0.2, -0.15) is 0 Å². The van der Waals surface area contributed by atoms with E-state index >= 15 is 0 Å². The average Bonchev–Trinajstić information content (AvgIpc) is 2.16. The predicted molar refractivity (Wildman–Crippen MR) is 53.9 cm³/mol. The molecular formula is C11H14FNO. The number of carbonyl (C=O) groups is 1. The summed E-state index contributed by atoms with van der Waals surface area (Å²) in [5.74, 6) is -0.586. The third-order valence-corrected chi connectivity index (χ3v) is 2.13. The molecule has 0 saturated carbocycles. The van der Waals surface area contributed by atoms with Crippen LogP contribution in [0.4, 0.5) is 4.39 Å². The summed E-state index contributed by atoms with van der Waals surface area (Å²) in [5.41, 5.74) is 0.993. The molecule has 3 heteroatoms. The second-order valence-corrected chi connectivity index (χ2v) is 3.47. The standard InChI is InChI=1S/C11H14FNO/c1-7(2)8-4-5-9(10(12)6-8)11(14)13-3/h4-7H,1-3H3,(H,13,14). The monoisotopic (exact) mass is 195 g/mol. The number of rotatable bonds is 2. The molecule has 1 rings (SSSR count). The van der Waals surface area contributed by atoms with E-state index in [4.69, 9.17) is 0 Å². The van der Waals surface area contributed by atoms with Gasteiger partial charge >= 0.3 is 0 Å². The van der Waals surface area contributed by atoms with Crippen molar-refractivity contribution < 1.29 is 9.18 Å². The summed E-state index contributed by atoms with van der Waals surface area (Å²) < 4.78 is 13.4. The topological polar surface area (TPSA) is 29.1 Å². The van der Waals surface area contributed by atoms with Crippen LogP contribution in [0, 0.1) is 5.82 Å². The van der Waals surface area contributed by atoms with Crippen molar-refractivity contribution in [3.8, 4) is 0 Å². The van der Waals surface area contributed by atoms with Gasteiger partial charge in [-0.25, -0.2) is 4.39 Å². The number of carbonyl (C=O) groups excluding carboxylic acids is 1. The van der Waals surface area contributed by atoms with Crippen LogP contribution in [0.1, 0.15) is 35.7 Å². The van der Waals surface area contributed by atoms with Crippen molar-refractivity contribution >= 4 is 5.91 Å². The Morgan fingerprint density at radius 1 is 1.43 bits per heavy atom. The molecule has 0 saturated heterocycles. The molecule has 0 bridgehead atoms. The van der Waals surface area contributed by atoms with Gasteiger partial charge in [0, 0.05) is 7.05 Å². The minimum atomic E-state index is -0.462. The van der Waals surface area contributed by atoms with Crippen molar-refractivity contribution in [3.05, 3.63) is 35.1 Å². The first-order chi connectivity index (χ1) is 6.56. The molecule has 1 aromatic carbocycles. The highest BCUT2D eigenvalue weighted by Gasteiger charge is 2.11. The van der Waals surface area contributed by atoms with Crippen LogP contribution in [0.15, 0.2) is 18.2 Å². The number of hydrogen-bond donors (Lipinski definition) is 1. The molecular weight excluding hydrogens is 181 g/mol. The van der Waals surface area contributed by atoms with Crippen molar-refractivity contribution in [2.45, 2.75) is 19.8 Å². The van der Waals surface area contributed by atoms with Crippen molar-refractivity contribution in [3.63, 3.8) is 0 Å². The second kappa shape index (κ2) is 4.22. The molecule has 2 nitrogen and oxygen atoms in total. The Morgan fingerprint density at radius 3 is 2.50 bits per heavy atom. The van der Waals surface area contributed by atoms with E-state index in [1.807, 2.05) is 13.8 Å². The Labute approximate surface area is 83.1 Å². The maximum absolute atomic E-state index is 13.4. The van der Waals surface area contributed by atoms with E-state index in [1.54, 1.807) is 6.07 Å². The van der Waals surface area contributed by atoms with Gasteiger partial charge in [0.25, 0.3) is 5.91 Å². The largest absolute Gasteiger partial charge is 0.355 e. The van der Waals surface area contributed by atoms with Gasteiger partial charge in [0.05, 0.1) is 5.56 Å². The Kier molecular flexibility index (Phi) is 3.23. The summed E-state index contributed by atoms with van der Waals surface area (Å²) in [7, 11) is 1.48. The molecule has 0 aliphatic heterocycles. The van der Waals surface area contributed by atoms with Crippen molar-refractivity contribution in [1.29, 1.82) is 0 Å². The van der Waals surface area contributed by atoms with E-state index in [0.29, 0.717) is 0 Å². The highest BCUT2D eigenvalue weighted by molar-refractivity contribution is 5.94. The molecule has 0 aliphatic rings. The van der Waals surface area contributed by atoms with Crippen molar-refractivity contribution in [2.75, 3.05) is 7.05 Å². The van der Waals surface area contributed by atoms with E-state index in [9.17, 15) is 9.18 Å². The van der Waals surface area contributed by atoms with Crippen molar-refractivity contribution in [2.24, 2.45) is 0 Å². The molecule has 0 fully saturated rings. The molecule has 0 unspecified atom stereocenters. The van der Waals surface area contributed by atoms with Crippen molar-refractivity contribution in [1.82, 2.24) is 5.32 Å². The third-order valence-electron chi connectivity index (χ3n) is 2.13. The van der Waals surface area contributed by atoms with Gasteiger partial charge < -0.3 is 5.32 Å². The van der Waals surface area contributed by atoms with Crippen LogP contribution < -0.4 is 5.32 Å². The lowest BCUT2D eigenvalue weighted by Gasteiger charge is -2.07. The zero-order chi connectivity index (χ0) is 10.7. The molecule has 1 amide bonds. The van der Waals surface area contributed by atoms with Crippen LogP contribution in [0.5, 0.6) is 0 Å². The summed E-state index contributed by atoms with van der Waals surface area (Å²) in [4.78, 5) is 11.2. The van der Waals surface area contributed by atoms with Crippen LogP contribution >= 0.6 is 0 Å². The van der Waals surface area contributed by atoms with Gasteiger partial charge in [0.2, 0.25) is 0 Å². The highest BCUT2D eigenvalue weighted by atomic mass is 19.1. The predicted octanol–water partition coefficient (Wildman–Crippen LogP) is 2.31. The van der Waals surface area contributed by atoms with E-state index in [1.165, 1.54) is 19.2 Å². The first-order valence-electron chi connectivity index (χ1n) is 4.57. The Bertz CT molecular complexity index is 347. The SMILES string of the molecule is CNC(=O)c1ccc(C(C)C)cc1F. The first kappa shape index (κ1) is 10.7. The normalized spacial score (nSPS) is 10.4. The van der Waals surface area contributed by atoms with Crippen LogP contribution in [0.2, 0.25) is 0 Å². The van der Waals surface area contributed by atoms with Gasteiger partial charge in [-0.05, 0) is 23.6 Å². The summed E-state index contributed by atoms with van der Waals surface area (Å²) in [6, 6.07) is 4.71. The fraction of sp³-hybridized carbons (Fsp3) is 0.364. The van der Waals surface area contributed by atoms with E-state index < -0.39 is 11.7 Å². The quantitative estimate of drug-likeness (QED) is 0.770.